The fraction of sp³-hybridized carbons (Fsp3) is 0.381. The molecule has 2 atom stereocenters. The van der Waals surface area contributed by atoms with Crippen molar-refractivity contribution in [2.75, 3.05) is 13.1 Å². The van der Waals surface area contributed by atoms with Crippen LogP contribution in [0.25, 0.3) is 0 Å². The van der Waals surface area contributed by atoms with Crippen LogP contribution in [0.15, 0.2) is 48.5 Å². The molecule has 1 saturated heterocycles. The standard InChI is InChI=1S/C21H25ClN2O2.ClH/c1-15-8-18(12-23)13-24(15)21(25)11-16-4-3-7-20(10-16)26-14-17-5-2-6-19(22)9-17;/h2-7,9-10,15,18H,8,11-14,23H2,1H3;1H. The smallest absolute Gasteiger partial charge is 0.227 e. The summed E-state index contributed by atoms with van der Waals surface area (Å²) in [5.74, 6) is 1.33. The number of rotatable bonds is 6. The van der Waals surface area contributed by atoms with Crippen molar-refractivity contribution in [3.8, 4) is 5.75 Å². The van der Waals surface area contributed by atoms with E-state index in [0.29, 0.717) is 30.5 Å². The average Bonchev–Trinajstić information content (AvgIpc) is 3.01. The Balaban J connectivity index is 0.00000261. The lowest BCUT2D eigenvalue weighted by molar-refractivity contribution is -0.131. The average molecular weight is 409 g/mol. The van der Waals surface area contributed by atoms with Crippen molar-refractivity contribution < 1.29 is 9.53 Å². The molecule has 3 rings (SSSR count). The number of benzene rings is 2. The van der Waals surface area contributed by atoms with Crippen LogP contribution in [0, 0.1) is 5.92 Å². The molecule has 0 spiro atoms. The van der Waals surface area contributed by atoms with Gasteiger partial charge in [0.15, 0.2) is 0 Å². The van der Waals surface area contributed by atoms with Gasteiger partial charge in [-0.2, -0.15) is 0 Å². The number of carbonyl (C=O) groups excluding carboxylic acids is 1. The Bertz CT molecular complexity index is 769. The summed E-state index contributed by atoms with van der Waals surface area (Å²) in [6, 6.07) is 15.6. The Morgan fingerprint density at radius 3 is 2.67 bits per heavy atom. The summed E-state index contributed by atoms with van der Waals surface area (Å²) >= 11 is 6.00. The van der Waals surface area contributed by atoms with E-state index >= 15 is 0 Å². The van der Waals surface area contributed by atoms with E-state index < -0.39 is 0 Å². The SMILES string of the molecule is CC1CC(CN)CN1C(=O)Cc1cccc(OCc2cccc(Cl)c2)c1.Cl. The van der Waals surface area contributed by atoms with Crippen LogP contribution in [0.4, 0.5) is 0 Å². The maximum Gasteiger partial charge on any atom is 0.227 e. The summed E-state index contributed by atoms with van der Waals surface area (Å²) < 4.78 is 5.85. The van der Waals surface area contributed by atoms with E-state index in [4.69, 9.17) is 22.1 Å². The molecule has 1 fully saturated rings. The van der Waals surface area contributed by atoms with Gasteiger partial charge < -0.3 is 15.4 Å². The van der Waals surface area contributed by atoms with Crippen LogP contribution in [0.2, 0.25) is 5.02 Å². The summed E-state index contributed by atoms with van der Waals surface area (Å²) in [7, 11) is 0. The minimum absolute atomic E-state index is 0. The van der Waals surface area contributed by atoms with Crippen LogP contribution < -0.4 is 10.5 Å². The minimum atomic E-state index is 0. The maximum absolute atomic E-state index is 12.6. The van der Waals surface area contributed by atoms with Crippen LogP contribution in [-0.4, -0.2) is 29.9 Å². The van der Waals surface area contributed by atoms with E-state index in [0.717, 1.165) is 29.8 Å². The largest absolute Gasteiger partial charge is 0.489 e. The molecule has 0 saturated carbocycles. The van der Waals surface area contributed by atoms with Crippen LogP contribution in [0.3, 0.4) is 0 Å². The molecule has 0 aliphatic carbocycles. The predicted octanol–water partition coefficient (Wildman–Crippen LogP) is 4.08. The zero-order valence-corrected chi connectivity index (χ0v) is 17.0. The summed E-state index contributed by atoms with van der Waals surface area (Å²) in [4.78, 5) is 14.6. The van der Waals surface area contributed by atoms with Gasteiger partial charge in [0.05, 0.1) is 6.42 Å². The first-order valence-corrected chi connectivity index (χ1v) is 9.38. The van der Waals surface area contributed by atoms with Gasteiger partial charge in [0, 0.05) is 17.6 Å². The Morgan fingerprint density at radius 2 is 1.96 bits per heavy atom. The van der Waals surface area contributed by atoms with Crippen molar-refractivity contribution >= 4 is 29.9 Å². The third-order valence-corrected chi connectivity index (χ3v) is 5.10. The maximum atomic E-state index is 12.6. The molecular formula is C21H26Cl2N2O2. The van der Waals surface area contributed by atoms with E-state index in [9.17, 15) is 4.79 Å². The molecule has 146 valence electrons. The number of likely N-dealkylation sites (tertiary alicyclic amines) is 1. The van der Waals surface area contributed by atoms with Crippen LogP contribution in [0.5, 0.6) is 5.75 Å². The fourth-order valence-corrected chi connectivity index (χ4v) is 3.69. The van der Waals surface area contributed by atoms with Crippen molar-refractivity contribution in [1.82, 2.24) is 4.90 Å². The van der Waals surface area contributed by atoms with E-state index in [1.165, 1.54) is 0 Å². The first-order chi connectivity index (χ1) is 12.5. The van der Waals surface area contributed by atoms with Crippen LogP contribution in [0.1, 0.15) is 24.5 Å². The molecule has 0 radical (unpaired) electrons. The number of nitrogens with two attached hydrogens (primary N) is 1. The molecule has 1 aliphatic heterocycles. The van der Waals surface area contributed by atoms with Gasteiger partial charge in [-0.15, -0.1) is 12.4 Å². The van der Waals surface area contributed by atoms with Gasteiger partial charge in [0.2, 0.25) is 5.91 Å². The third-order valence-electron chi connectivity index (χ3n) is 4.86. The second-order valence-electron chi connectivity index (χ2n) is 6.98. The van der Waals surface area contributed by atoms with Gasteiger partial charge in [-0.3, -0.25) is 4.79 Å². The molecular weight excluding hydrogens is 383 g/mol. The van der Waals surface area contributed by atoms with Crippen LogP contribution in [-0.2, 0) is 17.8 Å². The number of ether oxygens (including phenoxy) is 1. The Kier molecular flexibility index (Phi) is 7.96. The highest BCUT2D eigenvalue weighted by molar-refractivity contribution is 6.30. The number of hydrogen-bond acceptors (Lipinski definition) is 3. The van der Waals surface area contributed by atoms with Crippen molar-refractivity contribution in [2.24, 2.45) is 11.7 Å². The molecule has 1 aliphatic rings. The van der Waals surface area contributed by atoms with Crippen molar-refractivity contribution in [2.45, 2.75) is 32.4 Å². The van der Waals surface area contributed by atoms with E-state index in [2.05, 4.69) is 6.92 Å². The highest BCUT2D eigenvalue weighted by atomic mass is 35.5. The second-order valence-corrected chi connectivity index (χ2v) is 7.41. The molecule has 4 nitrogen and oxygen atoms in total. The highest BCUT2D eigenvalue weighted by Gasteiger charge is 2.31. The lowest BCUT2D eigenvalue weighted by Crippen LogP contribution is -2.35. The molecule has 2 unspecified atom stereocenters. The topological polar surface area (TPSA) is 55.6 Å². The Morgan fingerprint density at radius 1 is 1.22 bits per heavy atom. The molecule has 27 heavy (non-hydrogen) atoms. The fourth-order valence-electron chi connectivity index (χ4n) is 3.48. The summed E-state index contributed by atoms with van der Waals surface area (Å²) in [5, 5.41) is 0.695. The van der Waals surface area contributed by atoms with Gasteiger partial charge in [-0.05, 0) is 61.2 Å². The number of nitrogens with zero attached hydrogens (tertiary/aromatic N) is 1. The molecule has 0 aromatic heterocycles. The van der Waals surface area contributed by atoms with Crippen molar-refractivity contribution in [3.63, 3.8) is 0 Å². The van der Waals surface area contributed by atoms with Gasteiger partial charge >= 0.3 is 0 Å². The lowest BCUT2D eigenvalue weighted by Gasteiger charge is -2.21. The molecule has 1 heterocycles. The zero-order valence-electron chi connectivity index (χ0n) is 15.4. The number of halogens is 2. The van der Waals surface area contributed by atoms with Gasteiger partial charge in [0.25, 0.3) is 0 Å². The second kappa shape index (κ2) is 9.98. The first-order valence-electron chi connectivity index (χ1n) is 9.01. The quantitative estimate of drug-likeness (QED) is 0.782. The van der Waals surface area contributed by atoms with E-state index in [1.807, 2.05) is 53.4 Å². The van der Waals surface area contributed by atoms with Crippen molar-refractivity contribution in [3.05, 3.63) is 64.7 Å². The van der Waals surface area contributed by atoms with Gasteiger partial charge in [0.1, 0.15) is 12.4 Å². The molecule has 2 aromatic carbocycles. The van der Waals surface area contributed by atoms with Gasteiger partial charge in [-0.25, -0.2) is 0 Å². The van der Waals surface area contributed by atoms with E-state index in [1.54, 1.807) is 0 Å². The Hall–Kier alpha value is -1.75. The summed E-state index contributed by atoms with van der Waals surface area (Å²) in [6.45, 7) is 3.94. The normalized spacial score (nSPS) is 18.9. The molecule has 6 heteroatoms. The monoisotopic (exact) mass is 408 g/mol. The predicted molar refractivity (Wildman–Crippen MR) is 112 cm³/mol. The van der Waals surface area contributed by atoms with Gasteiger partial charge in [-0.1, -0.05) is 35.9 Å². The zero-order chi connectivity index (χ0) is 18.5. The number of hydrogen-bond donors (Lipinski definition) is 1. The molecule has 2 N–H and O–H groups in total. The first kappa shape index (κ1) is 21.5. The lowest BCUT2D eigenvalue weighted by atomic mass is 10.1. The highest BCUT2D eigenvalue weighted by Crippen LogP contribution is 2.24. The summed E-state index contributed by atoms with van der Waals surface area (Å²) in [6.07, 6.45) is 1.38. The molecule has 1 amide bonds. The number of amides is 1. The molecule has 0 bridgehead atoms. The minimum Gasteiger partial charge on any atom is -0.489 e. The summed E-state index contributed by atoms with van der Waals surface area (Å²) in [5.41, 5.74) is 7.73. The van der Waals surface area contributed by atoms with E-state index in [-0.39, 0.29) is 24.4 Å². The Labute approximate surface area is 172 Å². The van der Waals surface area contributed by atoms with Crippen molar-refractivity contribution in [1.29, 1.82) is 0 Å². The van der Waals surface area contributed by atoms with Crippen LogP contribution >= 0.6 is 24.0 Å². The molecule has 2 aromatic rings. The number of carbonyl (C=O) groups is 1. The third kappa shape index (κ3) is 5.86.